The van der Waals surface area contributed by atoms with E-state index in [-0.39, 0.29) is 12.2 Å². The third-order valence-electron chi connectivity index (χ3n) is 5.02. The van der Waals surface area contributed by atoms with Gasteiger partial charge in [0.15, 0.2) is 5.13 Å². The van der Waals surface area contributed by atoms with Crippen LogP contribution < -0.4 is 4.90 Å². The molecule has 2 aliphatic heterocycles. The normalized spacial score (nSPS) is 22.4. The fraction of sp³-hybridized carbons (Fsp3) is 0.647. The molecule has 1 aromatic rings. The summed E-state index contributed by atoms with van der Waals surface area (Å²) in [7, 11) is 0. The number of hydrogen-bond acceptors (Lipinski definition) is 5. The first kappa shape index (κ1) is 15.0. The van der Waals surface area contributed by atoms with Gasteiger partial charge in [0.2, 0.25) is 0 Å². The molecular weight excluding hydrogens is 310 g/mol. The van der Waals surface area contributed by atoms with Gasteiger partial charge in [0.25, 0.3) is 0 Å². The van der Waals surface area contributed by atoms with Crippen molar-refractivity contribution >= 4 is 22.6 Å². The van der Waals surface area contributed by atoms with Gasteiger partial charge in [-0.15, -0.1) is 11.3 Å². The van der Waals surface area contributed by atoms with Crippen molar-refractivity contribution in [3.8, 4) is 0 Å². The lowest BCUT2D eigenvalue weighted by Gasteiger charge is -2.34. The minimum atomic E-state index is -0.113. The molecule has 1 aromatic heterocycles. The molecule has 1 saturated carbocycles. The summed E-state index contributed by atoms with van der Waals surface area (Å²) in [6.07, 6.45) is 8.25. The smallest absolute Gasteiger partial charge is 0.410 e. The Hall–Kier alpha value is -1.56. The summed E-state index contributed by atoms with van der Waals surface area (Å²) < 4.78 is 5.74. The Morgan fingerprint density at radius 1 is 1.09 bits per heavy atom. The molecule has 3 fully saturated rings. The lowest BCUT2D eigenvalue weighted by Crippen LogP contribution is -2.42. The Kier molecular flexibility index (Phi) is 4.25. The number of aromatic nitrogens is 1. The average molecular weight is 333 g/mol. The van der Waals surface area contributed by atoms with Crippen LogP contribution in [-0.4, -0.2) is 48.3 Å². The summed E-state index contributed by atoms with van der Waals surface area (Å²) in [6.45, 7) is 3.49. The molecular formula is C17H23N3O2S. The van der Waals surface area contributed by atoms with E-state index >= 15 is 0 Å². The maximum Gasteiger partial charge on any atom is 0.410 e. The Bertz CT molecular complexity index is 575. The van der Waals surface area contributed by atoms with Crippen molar-refractivity contribution in [3.63, 3.8) is 0 Å². The minimum absolute atomic E-state index is 0.0573. The maximum atomic E-state index is 12.3. The molecule has 6 heteroatoms. The second kappa shape index (κ2) is 6.51. The standard InChI is InChI=1S/C17H23N3O2S/c21-17(20-8-3-14(4-9-20)13-1-2-13)22-15-5-10-19(11-6-15)16-18-7-12-23-16/h7,12,15H,1-6,8-11H2. The molecule has 0 bridgehead atoms. The lowest BCUT2D eigenvalue weighted by atomic mass is 10.0. The zero-order valence-electron chi connectivity index (χ0n) is 13.4. The number of nitrogens with zero attached hydrogens (tertiary/aromatic N) is 3. The molecule has 0 radical (unpaired) electrons. The molecule has 0 unspecified atom stereocenters. The number of rotatable bonds is 2. The predicted octanol–water partition coefficient (Wildman–Crippen LogP) is 3.43. The summed E-state index contributed by atoms with van der Waals surface area (Å²) >= 11 is 1.67. The number of likely N-dealkylation sites (tertiary alicyclic amines) is 1. The van der Waals surface area contributed by atoms with Crippen LogP contribution in [0.15, 0.2) is 22.7 Å². The summed E-state index contributed by atoms with van der Waals surface area (Å²) in [5.41, 5.74) is 3.25. The molecule has 3 heterocycles. The number of ether oxygens (including phenoxy) is 1. The number of carbonyl (C=O) groups excluding carboxylic acids is 1. The Balaban J connectivity index is 1.23. The second-order valence-electron chi connectivity index (χ2n) is 6.58. The summed E-state index contributed by atoms with van der Waals surface area (Å²) in [5.74, 6) is 0. The number of thiazole rings is 1. The van der Waals surface area contributed by atoms with E-state index in [1.807, 2.05) is 16.5 Å². The van der Waals surface area contributed by atoms with Crippen LogP contribution in [0, 0.1) is 0 Å². The first-order chi connectivity index (χ1) is 11.3. The van der Waals surface area contributed by atoms with E-state index in [2.05, 4.69) is 9.88 Å². The van der Waals surface area contributed by atoms with Crippen LogP contribution in [-0.2, 0) is 4.74 Å². The molecule has 0 atom stereocenters. The average Bonchev–Trinajstić information content (AvgIpc) is 3.30. The Labute approximate surface area is 140 Å². The van der Waals surface area contributed by atoms with Crippen LogP contribution in [0.25, 0.3) is 0 Å². The van der Waals surface area contributed by atoms with Crippen molar-refractivity contribution in [1.29, 1.82) is 0 Å². The van der Waals surface area contributed by atoms with Gasteiger partial charge in [-0.05, 0) is 25.7 Å². The molecule has 2 saturated heterocycles. The number of allylic oxidation sites excluding steroid dienone is 1. The minimum Gasteiger partial charge on any atom is -0.446 e. The van der Waals surface area contributed by atoms with E-state index < -0.39 is 0 Å². The van der Waals surface area contributed by atoms with Crippen LogP contribution in [0.3, 0.4) is 0 Å². The number of anilines is 1. The zero-order chi connectivity index (χ0) is 15.6. The van der Waals surface area contributed by atoms with Crippen molar-refractivity contribution in [1.82, 2.24) is 9.88 Å². The van der Waals surface area contributed by atoms with Crippen LogP contribution in [0.5, 0.6) is 0 Å². The predicted molar refractivity (Wildman–Crippen MR) is 90.9 cm³/mol. The van der Waals surface area contributed by atoms with E-state index in [1.165, 1.54) is 12.8 Å². The number of piperidine rings is 2. The molecule has 5 nitrogen and oxygen atoms in total. The summed E-state index contributed by atoms with van der Waals surface area (Å²) in [5, 5.41) is 3.08. The quantitative estimate of drug-likeness (QED) is 0.778. The van der Waals surface area contributed by atoms with Gasteiger partial charge in [-0.1, -0.05) is 11.1 Å². The Morgan fingerprint density at radius 3 is 2.39 bits per heavy atom. The van der Waals surface area contributed by atoms with E-state index in [9.17, 15) is 4.79 Å². The topological polar surface area (TPSA) is 45.7 Å². The summed E-state index contributed by atoms with van der Waals surface area (Å²) in [4.78, 5) is 20.9. The van der Waals surface area contributed by atoms with E-state index in [0.29, 0.717) is 0 Å². The highest BCUT2D eigenvalue weighted by Gasteiger charge is 2.28. The molecule has 0 N–H and O–H groups in total. The third-order valence-corrected chi connectivity index (χ3v) is 5.86. The van der Waals surface area contributed by atoms with Crippen LogP contribution in [0.1, 0.15) is 38.5 Å². The molecule has 124 valence electrons. The Morgan fingerprint density at radius 2 is 1.78 bits per heavy atom. The highest BCUT2D eigenvalue weighted by molar-refractivity contribution is 7.13. The SMILES string of the molecule is O=C(OC1CCN(c2nccs2)CC1)N1CCC(=C2CC2)CC1. The third kappa shape index (κ3) is 3.52. The van der Waals surface area contributed by atoms with E-state index in [4.69, 9.17) is 4.74 Å². The van der Waals surface area contributed by atoms with Crippen LogP contribution in [0.4, 0.5) is 9.93 Å². The van der Waals surface area contributed by atoms with E-state index in [0.717, 1.165) is 57.0 Å². The van der Waals surface area contributed by atoms with Gasteiger partial charge in [0.1, 0.15) is 6.10 Å². The van der Waals surface area contributed by atoms with Gasteiger partial charge in [0, 0.05) is 50.6 Å². The lowest BCUT2D eigenvalue weighted by molar-refractivity contribution is 0.0501. The fourth-order valence-electron chi connectivity index (χ4n) is 3.48. The molecule has 3 aliphatic rings. The highest BCUT2D eigenvalue weighted by atomic mass is 32.1. The first-order valence-electron chi connectivity index (χ1n) is 8.59. The maximum absolute atomic E-state index is 12.3. The van der Waals surface area contributed by atoms with Gasteiger partial charge in [-0.2, -0.15) is 0 Å². The monoisotopic (exact) mass is 333 g/mol. The molecule has 1 aliphatic carbocycles. The van der Waals surface area contributed by atoms with Gasteiger partial charge in [-0.3, -0.25) is 0 Å². The van der Waals surface area contributed by atoms with Gasteiger partial charge >= 0.3 is 6.09 Å². The molecule has 4 rings (SSSR count). The van der Waals surface area contributed by atoms with Gasteiger partial charge in [0.05, 0.1) is 0 Å². The van der Waals surface area contributed by atoms with Gasteiger partial charge < -0.3 is 14.5 Å². The number of hydrogen-bond donors (Lipinski definition) is 0. The summed E-state index contributed by atoms with van der Waals surface area (Å²) in [6, 6.07) is 0. The largest absolute Gasteiger partial charge is 0.446 e. The molecule has 23 heavy (non-hydrogen) atoms. The van der Waals surface area contributed by atoms with Crippen molar-refractivity contribution in [2.45, 2.75) is 44.6 Å². The molecule has 0 spiro atoms. The van der Waals surface area contributed by atoms with Crippen LogP contribution >= 0.6 is 11.3 Å². The number of carbonyl (C=O) groups is 1. The van der Waals surface area contributed by atoms with Crippen molar-refractivity contribution in [3.05, 3.63) is 22.7 Å². The molecule has 0 aromatic carbocycles. The second-order valence-corrected chi connectivity index (χ2v) is 7.45. The number of amides is 1. The van der Waals surface area contributed by atoms with Crippen molar-refractivity contribution < 1.29 is 9.53 Å². The van der Waals surface area contributed by atoms with Gasteiger partial charge in [-0.25, -0.2) is 9.78 Å². The zero-order valence-corrected chi connectivity index (χ0v) is 14.2. The van der Waals surface area contributed by atoms with Crippen molar-refractivity contribution in [2.24, 2.45) is 0 Å². The fourth-order valence-corrected chi connectivity index (χ4v) is 4.18. The highest BCUT2D eigenvalue weighted by Crippen LogP contribution is 2.36. The van der Waals surface area contributed by atoms with Crippen molar-refractivity contribution in [2.75, 3.05) is 31.1 Å². The van der Waals surface area contributed by atoms with E-state index in [1.54, 1.807) is 22.5 Å². The van der Waals surface area contributed by atoms with Crippen LogP contribution in [0.2, 0.25) is 0 Å². The first-order valence-corrected chi connectivity index (χ1v) is 9.47. The molecule has 1 amide bonds.